The van der Waals surface area contributed by atoms with Crippen LogP contribution in [-0.4, -0.2) is 39.1 Å². The molecule has 3 rings (SSSR count). The van der Waals surface area contributed by atoms with E-state index in [0.717, 1.165) is 37.4 Å². The zero-order valence-corrected chi connectivity index (χ0v) is 15.2. The summed E-state index contributed by atoms with van der Waals surface area (Å²) in [5.74, 6) is -1.22. The number of carbonyl (C=O) groups is 1. The maximum atomic E-state index is 13.1. The zero-order valence-electron chi connectivity index (χ0n) is 14.4. The van der Waals surface area contributed by atoms with Crippen molar-refractivity contribution in [3.05, 3.63) is 30.1 Å². The number of thioether (sulfide) groups is 1. The largest absolute Gasteiger partial charge is 0.451 e. The standard InChI is InChI=1S/C18H20F3N3OS/c1-12(16(25)24-10-6-2-3-7-11-24)26-15-13-8-4-5-9-14(13)22-17(23-15)18(19,20)21/h4-5,8-9,12H,2-3,6-7,10-11H2,1H3. The van der Waals surface area contributed by atoms with Crippen LogP contribution in [0.4, 0.5) is 13.2 Å². The van der Waals surface area contributed by atoms with Crippen LogP contribution < -0.4 is 0 Å². The number of halogens is 3. The van der Waals surface area contributed by atoms with Gasteiger partial charge < -0.3 is 4.90 Å². The monoisotopic (exact) mass is 383 g/mol. The van der Waals surface area contributed by atoms with Gasteiger partial charge in [-0.25, -0.2) is 9.97 Å². The van der Waals surface area contributed by atoms with Crippen LogP contribution in [0.5, 0.6) is 0 Å². The number of alkyl halides is 3. The Morgan fingerprint density at radius 1 is 1.12 bits per heavy atom. The highest BCUT2D eigenvalue weighted by Crippen LogP contribution is 2.34. The van der Waals surface area contributed by atoms with Gasteiger partial charge in [0.15, 0.2) is 0 Å². The fourth-order valence-corrected chi connectivity index (χ4v) is 4.05. The Bertz CT molecular complexity index is 789. The second kappa shape index (κ2) is 7.82. The molecular formula is C18H20F3N3OS. The molecule has 1 saturated heterocycles. The second-order valence-electron chi connectivity index (χ2n) is 6.37. The number of carbonyl (C=O) groups excluding carboxylic acids is 1. The fraction of sp³-hybridized carbons (Fsp3) is 0.500. The summed E-state index contributed by atoms with van der Waals surface area (Å²) in [6.07, 6.45) is -0.472. The number of hydrogen-bond donors (Lipinski definition) is 0. The Balaban J connectivity index is 1.88. The SMILES string of the molecule is CC(Sc1nc(C(F)(F)F)nc2ccccc12)C(=O)N1CCCCCC1. The van der Waals surface area contributed by atoms with E-state index >= 15 is 0 Å². The Morgan fingerprint density at radius 2 is 1.77 bits per heavy atom. The number of amides is 1. The van der Waals surface area contributed by atoms with Crippen LogP contribution in [0.2, 0.25) is 0 Å². The van der Waals surface area contributed by atoms with Crippen molar-refractivity contribution >= 4 is 28.6 Å². The lowest BCUT2D eigenvalue weighted by molar-refractivity contribution is -0.145. The van der Waals surface area contributed by atoms with Crippen LogP contribution in [0.3, 0.4) is 0 Å². The molecule has 1 atom stereocenters. The first kappa shape index (κ1) is 18.9. The van der Waals surface area contributed by atoms with Crippen LogP contribution in [0.25, 0.3) is 10.9 Å². The molecule has 1 amide bonds. The first-order valence-corrected chi connectivity index (χ1v) is 9.53. The van der Waals surface area contributed by atoms with Gasteiger partial charge in [0.1, 0.15) is 5.03 Å². The third kappa shape index (κ3) is 4.28. The van der Waals surface area contributed by atoms with Crippen LogP contribution in [0.1, 0.15) is 38.4 Å². The Hall–Kier alpha value is -1.83. The van der Waals surface area contributed by atoms with E-state index in [9.17, 15) is 18.0 Å². The summed E-state index contributed by atoms with van der Waals surface area (Å²) in [4.78, 5) is 21.9. The highest BCUT2D eigenvalue weighted by molar-refractivity contribution is 8.00. The summed E-state index contributed by atoms with van der Waals surface area (Å²) in [6.45, 7) is 3.14. The predicted molar refractivity (Wildman–Crippen MR) is 94.9 cm³/mol. The topological polar surface area (TPSA) is 46.1 Å². The van der Waals surface area contributed by atoms with E-state index in [2.05, 4.69) is 9.97 Å². The maximum Gasteiger partial charge on any atom is 0.451 e. The number of nitrogens with zero attached hydrogens (tertiary/aromatic N) is 3. The molecule has 1 unspecified atom stereocenters. The number of benzene rings is 1. The molecule has 1 aliphatic rings. The summed E-state index contributed by atoms with van der Waals surface area (Å²) in [7, 11) is 0. The fourth-order valence-electron chi connectivity index (χ4n) is 3.03. The van der Waals surface area contributed by atoms with Gasteiger partial charge in [-0.05, 0) is 25.8 Å². The van der Waals surface area contributed by atoms with E-state index in [4.69, 9.17) is 0 Å². The van der Waals surface area contributed by atoms with E-state index in [0.29, 0.717) is 18.5 Å². The molecule has 26 heavy (non-hydrogen) atoms. The molecule has 0 radical (unpaired) electrons. The van der Waals surface area contributed by atoms with E-state index in [1.165, 1.54) is 6.07 Å². The lowest BCUT2D eigenvalue weighted by atomic mass is 10.2. The highest BCUT2D eigenvalue weighted by Gasteiger charge is 2.36. The minimum atomic E-state index is -4.63. The summed E-state index contributed by atoms with van der Waals surface area (Å²) >= 11 is 1.07. The van der Waals surface area contributed by atoms with Gasteiger partial charge >= 0.3 is 6.18 Å². The predicted octanol–water partition coefficient (Wildman–Crippen LogP) is 4.53. The molecule has 1 aliphatic heterocycles. The molecule has 0 aliphatic carbocycles. The van der Waals surface area contributed by atoms with Gasteiger partial charge in [0.05, 0.1) is 10.8 Å². The third-order valence-electron chi connectivity index (χ3n) is 4.38. The van der Waals surface area contributed by atoms with Crippen molar-refractivity contribution in [2.75, 3.05) is 13.1 Å². The molecule has 0 N–H and O–H groups in total. The van der Waals surface area contributed by atoms with Crippen molar-refractivity contribution in [2.45, 2.75) is 49.1 Å². The van der Waals surface area contributed by atoms with Crippen molar-refractivity contribution in [1.82, 2.24) is 14.9 Å². The molecule has 1 fully saturated rings. The van der Waals surface area contributed by atoms with E-state index in [1.807, 2.05) is 4.90 Å². The molecule has 0 saturated carbocycles. The van der Waals surface area contributed by atoms with Crippen molar-refractivity contribution in [2.24, 2.45) is 0 Å². The lowest BCUT2D eigenvalue weighted by Gasteiger charge is -2.24. The minimum absolute atomic E-state index is 0.0480. The number of likely N-dealkylation sites (tertiary alicyclic amines) is 1. The maximum absolute atomic E-state index is 13.1. The summed E-state index contributed by atoms with van der Waals surface area (Å²) < 4.78 is 39.4. The first-order chi connectivity index (χ1) is 12.4. The smallest absolute Gasteiger partial charge is 0.342 e. The third-order valence-corrected chi connectivity index (χ3v) is 5.47. The second-order valence-corrected chi connectivity index (χ2v) is 7.70. The van der Waals surface area contributed by atoms with Crippen LogP contribution in [0.15, 0.2) is 29.3 Å². The van der Waals surface area contributed by atoms with E-state index in [-0.39, 0.29) is 16.4 Å². The van der Waals surface area contributed by atoms with Crippen LogP contribution in [-0.2, 0) is 11.0 Å². The minimum Gasteiger partial charge on any atom is -0.342 e. The normalized spacial score (nSPS) is 17.2. The van der Waals surface area contributed by atoms with Gasteiger partial charge in [0, 0.05) is 18.5 Å². The van der Waals surface area contributed by atoms with Crippen molar-refractivity contribution < 1.29 is 18.0 Å². The molecule has 4 nitrogen and oxygen atoms in total. The van der Waals surface area contributed by atoms with Crippen LogP contribution >= 0.6 is 11.8 Å². The number of aromatic nitrogens is 2. The molecule has 2 heterocycles. The average molecular weight is 383 g/mol. The highest BCUT2D eigenvalue weighted by atomic mass is 32.2. The Morgan fingerprint density at radius 3 is 2.42 bits per heavy atom. The molecule has 1 aromatic carbocycles. The molecule has 2 aromatic rings. The van der Waals surface area contributed by atoms with Crippen molar-refractivity contribution in [1.29, 1.82) is 0 Å². The first-order valence-electron chi connectivity index (χ1n) is 8.65. The molecule has 140 valence electrons. The van der Waals surface area contributed by atoms with Gasteiger partial charge in [-0.1, -0.05) is 42.8 Å². The van der Waals surface area contributed by atoms with Crippen LogP contribution in [0, 0.1) is 0 Å². The molecule has 0 bridgehead atoms. The molecule has 1 aromatic heterocycles. The van der Waals surface area contributed by atoms with Gasteiger partial charge in [0.2, 0.25) is 11.7 Å². The van der Waals surface area contributed by atoms with Gasteiger partial charge in [-0.2, -0.15) is 13.2 Å². The molecular weight excluding hydrogens is 363 g/mol. The number of hydrogen-bond acceptors (Lipinski definition) is 4. The van der Waals surface area contributed by atoms with E-state index < -0.39 is 17.3 Å². The Labute approximate surface area is 154 Å². The van der Waals surface area contributed by atoms with Gasteiger partial charge in [-0.15, -0.1) is 0 Å². The zero-order chi connectivity index (χ0) is 18.7. The van der Waals surface area contributed by atoms with Crippen molar-refractivity contribution in [3.63, 3.8) is 0 Å². The number of rotatable bonds is 3. The molecule has 8 heteroatoms. The summed E-state index contributed by atoms with van der Waals surface area (Å²) in [5, 5.41) is 0.215. The van der Waals surface area contributed by atoms with Gasteiger partial charge in [0.25, 0.3) is 0 Å². The lowest BCUT2D eigenvalue weighted by Crippen LogP contribution is -2.37. The quantitative estimate of drug-likeness (QED) is 0.577. The molecule has 0 spiro atoms. The van der Waals surface area contributed by atoms with Gasteiger partial charge in [-0.3, -0.25) is 4.79 Å². The summed E-state index contributed by atoms with van der Waals surface area (Å²) in [5.41, 5.74) is 0.228. The average Bonchev–Trinajstić information content (AvgIpc) is 2.89. The Kier molecular flexibility index (Phi) is 5.70. The summed E-state index contributed by atoms with van der Waals surface area (Å²) in [6, 6.07) is 6.57. The number of fused-ring (bicyclic) bond motifs is 1. The number of para-hydroxylation sites is 1. The van der Waals surface area contributed by atoms with Crippen molar-refractivity contribution in [3.8, 4) is 0 Å². The van der Waals surface area contributed by atoms with E-state index in [1.54, 1.807) is 25.1 Å².